The van der Waals surface area contributed by atoms with Gasteiger partial charge >= 0.3 is 0 Å². The van der Waals surface area contributed by atoms with E-state index in [1.165, 1.54) is 4.68 Å². The number of para-hydroxylation sites is 2. The van der Waals surface area contributed by atoms with Crippen LogP contribution in [0.15, 0.2) is 83.7 Å². The van der Waals surface area contributed by atoms with Gasteiger partial charge in [0.15, 0.2) is 5.69 Å². The van der Waals surface area contributed by atoms with Gasteiger partial charge in [-0.1, -0.05) is 54.6 Å². The molecule has 0 N–H and O–H groups in total. The molecule has 1 unspecified atom stereocenters. The molecule has 1 aliphatic rings. The Bertz CT molecular complexity index is 1290. The third-order valence-electron chi connectivity index (χ3n) is 5.43. The predicted molar refractivity (Wildman–Crippen MR) is 114 cm³/mol. The highest BCUT2D eigenvalue weighted by molar-refractivity contribution is 6.13. The number of carbonyl (C=O) groups is 1. The molecule has 1 aliphatic heterocycles. The van der Waals surface area contributed by atoms with Crippen LogP contribution in [-0.2, 0) is 6.42 Å². The fourth-order valence-corrected chi connectivity index (χ4v) is 4.08. The number of amides is 1. The Morgan fingerprint density at radius 1 is 0.897 bits per heavy atom. The van der Waals surface area contributed by atoms with Crippen LogP contribution >= 0.6 is 0 Å². The van der Waals surface area contributed by atoms with E-state index in [0.717, 1.165) is 17.7 Å². The molecule has 1 amide bonds. The van der Waals surface area contributed by atoms with Gasteiger partial charge in [-0.2, -0.15) is 9.78 Å². The van der Waals surface area contributed by atoms with Gasteiger partial charge in [-0.3, -0.25) is 9.59 Å². The van der Waals surface area contributed by atoms with Crippen molar-refractivity contribution >= 4 is 22.4 Å². The van der Waals surface area contributed by atoms with Crippen LogP contribution in [0.5, 0.6) is 0 Å². The summed E-state index contributed by atoms with van der Waals surface area (Å²) in [6.45, 7) is 2.04. The Morgan fingerprint density at radius 3 is 2.34 bits per heavy atom. The van der Waals surface area contributed by atoms with Crippen LogP contribution in [0.1, 0.15) is 23.0 Å². The predicted octanol–water partition coefficient (Wildman–Crippen LogP) is 3.98. The van der Waals surface area contributed by atoms with Gasteiger partial charge in [0.2, 0.25) is 0 Å². The van der Waals surface area contributed by atoms with E-state index in [4.69, 9.17) is 0 Å². The Kier molecular flexibility index (Phi) is 4.02. The first kappa shape index (κ1) is 17.4. The first-order valence-electron chi connectivity index (χ1n) is 9.64. The molecule has 0 radical (unpaired) electrons. The Morgan fingerprint density at radius 2 is 1.55 bits per heavy atom. The molecule has 3 aromatic carbocycles. The maximum Gasteiger partial charge on any atom is 0.279 e. The minimum atomic E-state index is -0.238. The summed E-state index contributed by atoms with van der Waals surface area (Å²) in [5.74, 6) is -0.191. The number of hydrogen-bond donors (Lipinski definition) is 0. The maximum absolute atomic E-state index is 13.7. The highest BCUT2D eigenvalue weighted by atomic mass is 16.2. The van der Waals surface area contributed by atoms with E-state index in [2.05, 4.69) is 11.2 Å². The number of benzene rings is 3. The van der Waals surface area contributed by atoms with Crippen LogP contribution in [0.25, 0.3) is 16.5 Å². The number of nitrogens with zero attached hydrogens (tertiary/aromatic N) is 3. The van der Waals surface area contributed by atoms with E-state index < -0.39 is 0 Å². The van der Waals surface area contributed by atoms with Crippen LogP contribution in [-0.4, -0.2) is 21.7 Å². The van der Waals surface area contributed by atoms with E-state index in [9.17, 15) is 9.59 Å². The molecule has 0 saturated heterocycles. The summed E-state index contributed by atoms with van der Waals surface area (Å²) in [4.78, 5) is 28.5. The molecule has 5 nitrogen and oxygen atoms in total. The second-order valence-electron chi connectivity index (χ2n) is 7.30. The fourth-order valence-electron chi connectivity index (χ4n) is 4.08. The van der Waals surface area contributed by atoms with Crippen molar-refractivity contribution in [3.05, 3.63) is 100 Å². The Hall–Kier alpha value is -3.73. The normalized spacial score (nSPS) is 15.5. The molecule has 0 spiro atoms. The summed E-state index contributed by atoms with van der Waals surface area (Å²) in [6, 6.07) is 24.3. The van der Waals surface area contributed by atoms with E-state index in [1.807, 2.05) is 61.5 Å². The lowest BCUT2D eigenvalue weighted by Gasteiger charge is -2.23. The number of fused-ring (bicyclic) bond motifs is 2. The van der Waals surface area contributed by atoms with Gasteiger partial charge in [0, 0.05) is 17.1 Å². The molecule has 1 atom stereocenters. The van der Waals surface area contributed by atoms with Gasteiger partial charge in [0.05, 0.1) is 11.1 Å². The molecule has 29 heavy (non-hydrogen) atoms. The third-order valence-corrected chi connectivity index (χ3v) is 5.43. The number of carbonyl (C=O) groups excluding carboxylic acids is 1. The average Bonchev–Trinajstić information content (AvgIpc) is 3.10. The molecular formula is C24H19N3O2. The maximum atomic E-state index is 13.7. The molecule has 4 aromatic rings. The van der Waals surface area contributed by atoms with Crippen molar-refractivity contribution in [2.45, 2.75) is 19.4 Å². The van der Waals surface area contributed by atoms with Gasteiger partial charge in [0.25, 0.3) is 11.5 Å². The largest absolute Gasteiger partial charge is 0.304 e. The van der Waals surface area contributed by atoms with Crippen LogP contribution in [0.4, 0.5) is 5.69 Å². The monoisotopic (exact) mass is 381 g/mol. The van der Waals surface area contributed by atoms with Crippen LogP contribution in [0.2, 0.25) is 0 Å². The average molecular weight is 381 g/mol. The second-order valence-corrected chi connectivity index (χ2v) is 7.30. The molecule has 1 aromatic heterocycles. The van der Waals surface area contributed by atoms with Gasteiger partial charge in [-0.05, 0) is 43.2 Å². The zero-order valence-electron chi connectivity index (χ0n) is 15.9. The van der Waals surface area contributed by atoms with E-state index in [0.29, 0.717) is 16.5 Å². The highest BCUT2D eigenvalue weighted by Gasteiger charge is 2.33. The van der Waals surface area contributed by atoms with Gasteiger partial charge in [-0.15, -0.1) is 0 Å². The highest BCUT2D eigenvalue weighted by Crippen LogP contribution is 2.33. The molecule has 0 bridgehead atoms. The van der Waals surface area contributed by atoms with E-state index in [1.54, 1.807) is 23.1 Å². The SMILES string of the molecule is CC1Cc2ccccc2N1C(=O)c1nn(-c2ccccc2)c(=O)c2ccccc12. The standard InChI is InChI=1S/C24H19N3O2/c1-16-15-17-9-5-8-14-21(17)26(16)24(29)22-19-12-6-7-13-20(19)23(28)27(25-22)18-10-3-2-4-11-18/h2-14,16H,15H2,1H3. The molecule has 0 fully saturated rings. The Balaban J connectivity index is 1.74. The smallest absolute Gasteiger partial charge is 0.279 e. The molecule has 2 heterocycles. The number of aromatic nitrogens is 2. The van der Waals surface area contributed by atoms with Crippen molar-refractivity contribution in [2.75, 3.05) is 4.90 Å². The van der Waals surface area contributed by atoms with Gasteiger partial charge in [0.1, 0.15) is 0 Å². The molecular weight excluding hydrogens is 362 g/mol. The van der Waals surface area contributed by atoms with Crippen molar-refractivity contribution in [1.29, 1.82) is 0 Å². The zero-order chi connectivity index (χ0) is 20.0. The van der Waals surface area contributed by atoms with Crippen LogP contribution in [0.3, 0.4) is 0 Å². The van der Waals surface area contributed by atoms with Crippen molar-refractivity contribution in [2.24, 2.45) is 0 Å². The summed E-state index contributed by atoms with van der Waals surface area (Å²) in [5, 5.41) is 5.59. The van der Waals surface area contributed by atoms with Crippen LogP contribution in [0, 0.1) is 0 Å². The van der Waals surface area contributed by atoms with Crippen molar-refractivity contribution in [1.82, 2.24) is 9.78 Å². The molecule has 0 aliphatic carbocycles. The molecule has 5 rings (SSSR count). The number of anilines is 1. The number of hydrogen-bond acceptors (Lipinski definition) is 3. The summed E-state index contributed by atoms with van der Waals surface area (Å²) in [6.07, 6.45) is 0.804. The van der Waals surface area contributed by atoms with Gasteiger partial charge < -0.3 is 4.90 Å². The quantitative estimate of drug-likeness (QED) is 0.528. The minimum Gasteiger partial charge on any atom is -0.304 e. The lowest BCUT2D eigenvalue weighted by molar-refractivity contribution is 0.0977. The lowest BCUT2D eigenvalue weighted by Crippen LogP contribution is -2.38. The summed E-state index contributed by atoms with van der Waals surface area (Å²) in [7, 11) is 0. The van der Waals surface area contributed by atoms with Crippen LogP contribution < -0.4 is 10.5 Å². The fraction of sp³-hybridized carbons (Fsp3) is 0.125. The first-order valence-corrected chi connectivity index (χ1v) is 9.64. The summed E-state index contributed by atoms with van der Waals surface area (Å²) in [5.41, 5.74) is 2.74. The summed E-state index contributed by atoms with van der Waals surface area (Å²) >= 11 is 0. The molecule has 5 heteroatoms. The van der Waals surface area contributed by atoms with Crippen molar-refractivity contribution in [3.8, 4) is 5.69 Å². The molecule has 0 saturated carbocycles. The lowest BCUT2D eigenvalue weighted by atomic mass is 10.1. The van der Waals surface area contributed by atoms with Gasteiger partial charge in [-0.25, -0.2) is 0 Å². The second kappa shape index (κ2) is 6.71. The third kappa shape index (κ3) is 2.74. The van der Waals surface area contributed by atoms with Crippen molar-refractivity contribution in [3.63, 3.8) is 0 Å². The Labute approximate surface area is 167 Å². The van der Waals surface area contributed by atoms with E-state index in [-0.39, 0.29) is 23.2 Å². The topological polar surface area (TPSA) is 55.2 Å². The number of rotatable bonds is 2. The zero-order valence-corrected chi connectivity index (χ0v) is 15.9. The van der Waals surface area contributed by atoms with Crippen molar-refractivity contribution < 1.29 is 4.79 Å². The summed E-state index contributed by atoms with van der Waals surface area (Å²) < 4.78 is 1.32. The first-order chi connectivity index (χ1) is 14.1. The molecule has 142 valence electrons. The van der Waals surface area contributed by atoms with E-state index >= 15 is 0 Å². The minimum absolute atomic E-state index is 0.0255.